The summed E-state index contributed by atoms with van der Waals surface area (Å²) in [5, 5.41) is 2.71. The summed E-state index contributed by atoms with van der Waals surface area (Å²) < 4.78 is 9.32. The highest BCUT2D eigenvalue weighted by Crippen LogP contribution is 2.09. The van der Waals surface area contributed by atoms with Crippen molar-refractivity contribution in [1.82, 2.24) is 10.2 Å². The number of methoxy groups -OCH3 is 1. The number of likely N-dealkylation sites (N-methyl/N-ethyl adjacent to an activating group) is 1. The van der Waals surface area contributed by atoms with Gasteiger partial charge in [0, 0.05) is 13.3 Å². The van der Waals surface area contributed by atoms with Gasteiger partial charge in [0.15, 0.2) is 6.73 Å². The first kappa shape index (κ1) is 18.0. The maximum atomic E-state index is 12.2. The molecule has 1 N–H and O–H groups in total. The Bertz CT molecular complexity index is 371. The summed E-state index contributed by atoms with van der Waals surface area (Å²) >= 11 is 0. The van der Waals surface area contributed by atoms with Gasteiger partial charge >= 0.3 is 11.9 Å². The summed E-state index contributed by atoms with van der Waals surface area (Å²) in [6.45, 7) is 2.34. The Morgan fingerprint density at radius 3 is 2.35 bits per heavy atom. The van der Waals surface area contributed by atoms with E-state index < -0.39 is 36.7 Å². The lowest BCUT2D eigenvalue weighted by molar-refractivity contribution is -0.164. The van der Waals surface area contributed by atoms with Crippen LogP contribution in [-0.4, -0.2) is 62.0 Å². The largest absolute Gasteiger partial charge is 0.467 e. The minimum Gasteiger partial charge on any atom is -0.467 e. The predicted molar refractivity (Wildman–Crippen MR) is 68.5 cm³/mol. The number of esters is 2. The highest BCUT2D eigenvalue weighted by atomic mass is 16.5. The van der Waals surface area contributed by atoms with E-state index in [1.54, 1.807) is 14.0 Å². The highest BCUT2D eigenvalue weighted by Gasteiger charge is 2.33. The summed E-state index contributed by atoms with van der Waals surface area (Å²) in [5.74, 6) is -1.83. The quantitative estimate of drug-likeness (QED) is 0.350. The van der Waals surface area contributed by atoms with E-state index >= 15 is 0 Å². The van der Waals surface area contributed by atoms with E-state index in [9.17, 15) is 19.2 Å². The van der Waals surface area contributed by atoms with E-state index in [0.29, 0.717) is 6.29 Å². The van der Waals surface area contributed by atoms with Crippen molar-refractivity contribution < 1.29 is 28.7 Å². The van der Waals surface area contributed by atoms with Crippen molar-refractivity contribution in [2.75, 3.05) is 20.9 Å². The number of ether oxygens (including phenoxy) is 2. The number of nitrogens with zero attached hydrogens (tertiary/aromatic N) is 1. The molecule has 1 amide bonds. The Balaban J connectivity index is 5.21. The van der Waals surface area contributed by atoms with Gasteiger partial charge in [-0.05, 0) is 14.0 Å². The number of amides is 1. The van der Waals surface area contributed by atoms with Crippen LogP contribution < -0.4 is 5.32 Å². The van der Waals surface area contributed by atoms with Crippen LogP contribution in [0.5, 0.6) is 0 Å². The molecule has 2 unspecified atom stereocenters. The fraction of sp³-hybridized carbons (Fsp3) is 0.667. The normalized spacial score (nSPS) is 13.0. The number of carbonyl (C=O) groups is 4. The average Bonchev–Trinajstić information content (AvgIpc) is 2.43. The van der Waals surface area contributed by atoms with E-state index in [2.05, 4.69) is 10.1 Å². The molecule has 0 aliphatic carbocycles. The van der Waals surface area contributed by atoms with Gasteiger partial charge in [0.05, 0.1) is 13.2 Å². The molecule has 114 valence electrons. The van der Waals surface area contributed by atoms with Gasteiger partial charge in [-0.25, -0.2) is 4.79 Å². The molecule has 0 aliphatic heterocycles. The molecule has 20 heavy (non-hydrogen) atoms. The van der Waals surface area contributed by atoms with Gasteiger partial charge in [-0.15, -0.1) is 0 Å². The molecule has 0 aromatic rings. The Morgan fingerprint density at radius 2 is 1.95 bits per heavy atom. The Morgan fingerprint density at radius 1 is 1.35 bits per heavy atom. The number of aldehydes is 1. The zero-order chi connectivity index (χ0) is 15.7. The molecule has 0 bridgehead atoms. The van der Waals surface area contributed by atoms with Crippen LogP contribution >= 0.6 is 0 Å². The van der Waals surface area contributed by atoms with E-state index in [4.69, 9.17) is 4.74 Å². The zero-order valence-electron chi connectivity index (χ0n) is 12.0. The standard InChI is InChI=1S/C12H20N2O6/c1-8(13-3)11(17)14(7-20-9(2)16)10(5-6-15)12(18)19-4/h6,8,10,13H,5,7H2,1-4H3. The van der Waals surface area contributed by atoms with Crippen LogP contribution in [0, 0.1) is 0 Å². The zero-order valence-corrected chi connectivity index (χ0v) is 12.0. The molecule has 0 rings (SSSR count). The van der Waals surface area contributed by atoms with Crippen LogP contribution in [-0.2, 0) is 28.7 Å². The number of nitrogens with one attached hydrogen (secondary N) is 1. The molecule has 0 saturated heterocycles. The van der Waals surface area contributed by atoms with Crippen molar-refractivity contribution in [3.8, 4) is 0 Å². The third kappa shape index (κ3) is 5.35. The maximum absolute atomic E-state index is 12.2. The molecule has 0 fully saturated rings. The third-order valence-corrected chi connectivity index (χ3v) is 2.66. The summed E-state index contributed by atoms with van der Waals surface area (Å²) in [5.41, 5.74) is 0. The molecule has 0 radical (unpaired) electrons. The molecule has 0 aromatic heterocycles. The number of hydrogen-bond donors (Lipinski definition) is 1. The third-order valence-electron chi connectivity index (χ3n) is 2.66. The molecule has 0 heterocycles. The second-order valence-corrected chi connectivity index (χ2v) is 4.02. The first-order valence-corrected chi connectivity index (χ1v) is 6.01. The monoisotopic (exact) mass is 288 g/mol. The molecule has 0 aliphatic rings. The lowest BCUT2D eigenvalue weighted by Gasteiger charge is -2.30. The molecule has 0 spiro atoms. The van der Waals surface area contributed by atoms with Crippen molar-refractivity contribution in [2.24, 2.45) is 0 Å². The van der Waals surface area contributed by atoms with Gasteiger partial charge in [-0.1, -0.05) is 0 Å². The topological polar surface area (TPSA) is 102 Å². The van der Waals surface area contributed by atoms with Gasteiger partial charge in [0.2, 0.25) is 5.91 Å². The Hall–Kier alpha value is -1.96. The van der Waals surface area contributed by atoms with Crippen molar-refractivity contribution in [2.45, 2.75) is 32.4 Å². The first-order chi connectivity index (χ1) is 9.38. The van der Waals surface area contributed by atoms with Crippen LogP contribution in [0.25, 0.3) is 0 Å². The summed E-state index contributed by atoms with van der Waals surface area (Å²) in [6, 6.07) is -1.73. The first-order valence-electron chi connectivity index (χ1n) is 6.01. The van der Waals surface area contributed by atoms with Crippen LogP contribution in [0.3, 0.4) is 0 Å². The van der Waals surface area contributed by atoms with Crippen LogP contribution in [0.1, 0.15) is 20.3 Å². The minimum absolute atomic E-state index is 0.240. The van der Waals surface area contributed by atoms with E-state index in [0.717, 1.165) is 12.0 Å². The van der Waals surface area contributed by atoms with Crippen LogP contribution in [0.4, 0.5) is 0 Å². The molecule has 0 saturated carbocycles. The SMILES string of the molecule is CNC(C)C(=O)N(COC(C)=O)C(CC=O)C(=O)OC. The number of hydrogen-bond acceptors (Lipinski definition) is 7. The van der Waals surface area contributed by atoms with Gasteiger partial charge in [-0.2, -0.15) is 0 Å². The van der Waals surface area contributed by atoms with Gasteiger partial charge in [0.25, 0.3) is 0 Å². The van der Waals surface area contributed by atoms with Crippen molar-refractivity contribution >= 4 is 24.1 Å². The summed E-state index contributed by atoms with van der Waals surface area (Å²) in [7, 11) is 2.72. The molecule has 8 nitrogen and oxygen atoms in total. The highest BCUT2D eigenvalue weighted by molar-refractivity contribution is 5.88. The lowest BCUT2D eigenvalue weighted by Crippen LogP contribution is -2.52. The molecular weight excluding hydrogens is 268 g/mol. The summed E-state index contributed by atoms with van der Waals surface area (Å²) in [6.07, 6.45) is 0.260. The van der Waals surface area contributed by atoms with Crippen LogP contribution in [0.15, 0.2) is 0 Å². The molecular formula is C12H20N2O6. The van der Waals surface area contributed by atoms with Crippen molar-refractivity contribution in [3.05, 3.63) is 0 Å². The second-order valence-electron chi connectivity index (χ2n) is 4.02. The smallest absolute Gasteiger partial charge is 0.329 e. The van der Waals surface area contributed by atoms with Gasteiger partial charge in [-0.3, -0.25) is 14.5 Å². The van der Waals surface area contributed by atoms with E-state index in [1.165, 1.54) is 6.92 Å². The Kier molecular flexibility index (Phi) is 8.14. The number of rotatable bonds is 8. The second kappa shape index (κ2) is 9.03. The minimum atomic E-state index is -1.12. The average molecular weight is 288 g/mol. The number of carbonyl (C=O) groups excluding carboxylic acids is 4. The lowest BCUT2D eigenvalue weighted by atomic mass is 10.1. The summed E-state index contributed by atoms with van der Waals surface area (Å²) in [4.78, 5) is 46.4. The molecule has 0 aromatic carbocycles. The fourth-order valence-corrected chi connectivity index (χ4v) is 1.42. The van der Waals surface area contributed by atoms with Gasteiger partial charge in [0.1, 0.15) is 12.3 Å². The maximum Gasteiger partial charge on any atom is 0.329 e. The van der Waals surface area contributed by atoms with E-state index in [-0.39, 0.29) is 6.42 Å². The van der Waals surface area contributed by atoms with Crippen molar-refractivity contribution in [3.63, 3.8) is 0 Å². The molecule has 2 atom stereocenters. The molecule has 8 heteroatoms. The van der Waals surface area contributed by atoms with E-state index in [1.807, 2.05) is 0 Å². The van der Waals surface area contributed by atoms with Crippen LogP contribution in [0.2, 0.25) is 0 Å². The predicted octanol–water partition coefficient (Wildman–Crippen LogP) is -0.926. The van der Waals surface area contributed by atoms with Gasteiger partial charge < -0.3 is 19.6 Å². The van der Waals surface area contributed by atoms with Crippen molar-refractivity contribution in [1.29, 1.82) is 0 Å². The fourth-order valence-electron chi connectivity index (χ4n) is 1.42. The Labute approximate surface area is 117 Å².